The minimum absolute atomic E-state index is 0.627. The van der Waals surface area contributed by atoms with Gasteiger partial charge in [0.25, 0.3) is 0 Å². The molecule has 0 amide bonds. The highest BCUT2D eigenvalue weighted by Gasteiger charge is 2.17. The van der Waals surface area contributed by atoms with Gasteiger partial charge in [-0.2, -0.15) is 0 Å². The highest BCUT2D eigenvalue weighted by molar-refractivity contribution is 5.97. The van der Waals surface area contributed by atoms with Crippen molar-refractivity contribution in [2.24, 2.45) is 0 Å². The molecule has 10 aromatic carbocycles. The first-order chi connectivity index (χ1) is 43.6. The Balaban J connectivity index is 0.734. The van der Waals surface area contributed by atoms with Crippen molar-refractivity contribution in [3.05, 3.63) is 304 Å². The largest absolute Gasteiger partial charge is 0.256 e. The van der Waals surface area contributed by atoms with E-state index < -0.39 is 0 Å². The first kappa shape index (κ1) is 51.6. The molecule has 16 rings (SSSR count). The minimum atomic E-state index is 0.627. The van der Waals surface area contributed by atoms with Gasteiger partial charge in [0.15, 0.2) is 11.6 Å². The average molecular weight is 1120 g/mol. The van der Waals surface area contributed by atoms with Gasteiger partial charge in [0.2, 0.25) is 0 Å². The van der Waals surface area contributed by atoms with E-state index in [0.717, 1.165) is 155 Å². The third-order valence-corrected chi connectivity index (χ3v) is 16.5. The molecule has 0 N–H and O–H groups in total. The summed E-state index contributed by atoms with van der Waals surface area (Å²) < 4.78 is 0. The molecule has 0 atom stereocenters. The summed E-state index contributed by atoms with van der Waals surface area (Å²) in [6.45, 7) is 0. The Morgan fingerprint density at radius 2 is 0.420 bits per heavy atom. The second-order valence-corrected chi connectivity index (χ2v) is 21.9. The summed E-state index contributed by atoms with van der Waals surface area (Å²) in [4.78, 5) is 40.1. The van der Waals surface area contributed by atoms with Crippen LogP contribution in [0.25, 0.3) is 167 Å². The van der Waals surface area contributed by atoms with Crippen LogP contribution in [0, 0.1) is 0 Å². The van der Waals surface area contributed by atoms with Crippen molar-refractivity contribution in [2.75, 3.05) is 0 Å². The predicted molar refractivity (Wildman–Crippen MR) is 359 cm³/mol. The molecule has 0 bridgehead atoms. The molecule has 0 fully saturated rings. The lowest BCUT2D eigenvalue weighted by Crippen LogP contribution is -1.97. The Labute approximate surface area is 508 Å². The van der Waals surface area contributed by atoms with E-state index in [1.54, 1.807) is 0 Å². The zero-order valence-electron chi connectivity index (χ0n) is 47.4. The normalized spacial score (nSPS) is 11.4. The van der Waals surface area contributed by atoms with E-state index in [0.29, 0.717) is 11.6 Å². The molecule has 8 nitrogen and oxygen atoms in total. The van der Waals surface area contributed by atoms with Gasteiger partial charge in [0.05, 0.1) is 44.8 Å². The molecule has 0 aliphatic heterocycles. The van der Waals surface area contributed by atoms with Gasteiger partial charge in [-0.05, 0) is 75.8 Å². The number of benzene rings is 10. The Morgan fingerprint density at radius 3 is 0.761 bits per heavy atom. The van der Waals surface area contributed by atoms with Gasteiger partial charge in [0, 0.05) is 102 Å². The second-order valence-electron chi connectivity index (χ2n) is 21.9. The van der Waals surface area contributed by atoms with Crippen LogP contribution in [-0.2, 0) is 0 Å². The van der Waals surface area contributed by atoms with E-state index in [1.807, 2.05) is 49.1 Å². The molecule has 0 aliphatic rings. The lowest BCUT2D eigenvalue weighted by atomic mass is 9.97. The van der Waals surface area contributed by atoms with Crippen molar-refractivity contribution in [3.8, 4) is 123 Å². The van der Waals surface area contributed by atoms with E-state index in [1.165, 1.54) is 0 Å². The summed E-state index contributed by atoms with van der Waals surface area (Å²) in [7, 11) is 0. The topological polar surface area (TPSA) is 103 Å². The fourth-order valence-corrected chi connectivity index (χ4v) is 12.0. The van der Waals surface area contributed by atoms with Gasteiger partial charge in [-0.1, -0.05) is 237 Å². The third kappa shape index (κ3) is 9.86. The molecular weight excluding hydrogens is 1070 g/mol. The highest BCUT2D eigenvalue weighted by Crippen LogP contribution is 2.38. The molecule has 0 radical (unpaired) electrons. The van der Waals surface area contributed by atoms with Crippen LogP contribution in [0.2, 0.25) is 0 Å². The Bertz CT molecular complexity index is 5140. The third-order valence-electron chi connectivity index (χ3n) is 16.5. The number of nitrogens with zero attached hydrogens (tertiary/aromatic N) is 8. The number of aromatic nitrogens is 8. The Hall–Kier alpha value is -12.0. The van der Waals surface area contributed by atoms with Crippen LogP contribution in [0.3, 0.4) is 0 Å². The van der Waals surface area contributed by atoms with Gasteiger partial charge in [-0.15, -0.1) is 0 Å². The number of rotatable bonds is 11. The molecule has 6 aromatic heterocycles. The summed E-state index contributed by atoms with van der Waals surface area (Å²) in [6.07, 6.45) is 7.40. The van der Waals surface area contributed by atoms with Crippen LogP contribution >= 0.6 is 0 Å². The number of hydrogen-bond donors (Lipinski definition) is 0. The van der Waals surface area contributed by atoms with Crippen molar-refractivity contribution in [2.45, 2.75) is 0 Å². The van der Waals surface area contributed by atoms with Crippen LogP contribution in [0.1, 0.15) is 0 Å². The molecule has 0 spiro atoms. The van der Waals surface area contributed by atoms with E-state index in [-0.39, 0.29) is 0 Å². The van der Waals surface area contributed by atoms with Gasteiger partial charge in [-0.25, -0.2) is 19.9 Å². The lowest BCUT2D eigenvalue weighted by Gasteiger charge is -2.13. The molecule has 16 aromatic rings. The number of hydrogen-bond acceptors (Lipinski definition) is 8. The van der Waals surface area contributed by atoms with E-state index in [9.17, 15) is 0 Å². The summed E-state index contributed by atoms with van der Waals surface area (Å²) in [6, 6.07) is 97.2. The lowest BCUT2D eigenvalue weighted by molar-refractivity contribution is 1.18. The molecule has 0 saturated carbocycles. The fraction of sp³-hybridized carbons (Fsp3) is 0. The van der Waals surface area contributed by atoms with Crippen molar-refractivity contribution < 1.29 is 0 Å². The quantitative estimate of drug-likeness (QED) is 0.126. The van der Waals surface area contributed by atoms with Crippen LogP contribution in [0.5, 0.6) is 0 Å². The predicted octanol–water partition coefficient (Wildman–Crippen LogP) is 19.8. The molecule has 0 saturated heterocycles. The highest BCUT2D eigenvalue weighted by atomic mass is 14.9. The van der Waals surface area contributed by atoms with E-state index in [2.05, 4.69) is 255 Å². The maximum atomic E-state index is 5.31. The first-order valence-electron chi connectivity index (χ1n) is 29.3. The zero-order chi connectivity index (χ0) is 58.3. The maximum absolute atomic E-state index is 5.31. The van der Waals surface area contributed by atoms with Gasteiger partial charge >= 0.3 is 0 Å². The molecule has 88 heavy (non-hydrogen) atoms. The van der Waals surface area contributed by atoms with Crippen LogP contribution in [-0.4, -0.2) is 39.9 Å². The van der Waals surface area contributed by atoms with Gasteiger partial charge in [0.1, 0.15) is 0 Å². The summed E-state index contributed by atoms with van der Waals surface area (Å²) in [5.41, 5.74) is 23.7. The van der Waals surface area contributed by atoms with Crippen LogP contribution in [0.4, 0.5) is 0 Å². The van der Waals surface area contributed by atoms with Gasteiger partial charge < -0.3 is 0 Å². The maximum Gasteiger partial charge on any atom is 0.160 e. The number of para-hydroxylation sites is 4. The molecule has 410 valence electrons. The number of pyridine rings is 4. The minimum Gasteiger partial charge on any atom is -0.256 e. The molecule has 0 unspecified atom stereocenters. The van der Waals surface area contributed by atoms with Gasteiger partial charge in [-0.3, -0.25) is 19.9 Å². The van der Waals surface area contributed by atoms with Crippen molar-refractivity contribution in [3.63, 3.8) is 0 Å². The van der Waals surface area contributed by atoms with E-state index in [4.69, 9.17) is 39.9 Å². The van der Waals surface area contributed by atoms with E-state index >= 15 is 0 Å². The Kier molecular flexibility index (Phi) is 13.0. The summed E-state index contributed by atoms with van der Waals surface area (Å²) >= 11 is 0. The average Bonchev–Trinajstić information content (AvgIpc) is 3.79. The second kappa shape index (κ2) is 22.2. The summed E-state index contributed by atoms with van der Waals surface area (Å²) in [5, 5.41) is 4.41. The smallest absolute Gasteiger partial charge is 0.160 e. The van der Waals surface area contributed by atoms with Crippen molar-refractivity contribution >= 4 is 43.6 Å². The van der Waals surface area contributed by atoms with Crippen LogP contribution < -0.4 is 0 Å². The fourth-order valence-electron chi connectivity index (χ4n) is 12.0. The Morgan fingerprint density at radius 1 is 0.170 bits per heavy atom. The first-order valence-corrected chi connectivity index (χ1v) is 29.3. The van der Waals surface area contributed by atoms with Crippen LogP contribution in [0.15, 0.2) is 304 Å². The van der Waals surface area contributed by atoms with Crippen molar-refractivity contribution in [1.29, 1.82) is 0 Å². The zero-order valence-corrected chi connectivity index (χ0v) is 47.4. The standard InChI is InChI=1S/C80H50N8/c1-14-65(70-23-5-13-62-19-9-47-84-78(62)70)48-66(15-1)74-50-73(58-38-32-55(33-39-58)69-22-4-12-61-18-8-46-83-77(61)69)87-80(88-74)64-42-26-52(27-43-64)51-24-40-63(41-25-51)79-85-71(56-34-28-53(29-35-56)67-20-2-10-59-16-6-44-81-75(59)67)49-72(86-79)57-36-30-54(31-37-57)68-21-3-11-60-17-7-45-82-76(60)68/h1-50H. The van der Waals surface area contributed by atoms with Crippen molar-refractivity contribution in [1.82, 2.24) is 39.9 Å². The molecular formula is C80H50N8. The SMILES string of the molecule is c1cc(-c2cc(-c3ccc(-c4cccc5cccnc45)cc3)nc(-c3ccc(-c4ccc(-c5nc(-c6ccc(-c7cccc8cccnc78)cc6)cc(-c6ccc(-c7cccc8cccnc78)cc6)n5)cc4)cc3)n2)cc(-c2cccc3cccnc23)c1. The number of fused-ring (bicyclic) bond motifs is 4. The molecule has 0 aliphatic carbocycles. The summed E-state index contributed by atoms with van der Waals surface area (Å²) in [5.74, 6) is 1.26. The molecule has 8 heteroatoms. The monoisotopic (exact) mass is 1120 g/mol. The molecule has 6 heterocycles.